The summed E-state index contributed by atoms with van der Waals surface area (Å²) < 4.78 is 0. The molecule has 1 rings (SSSR count). The highest BCUT2D eigenvalue weighted by Gasteiger charge is 2.05. The summed E-state index contributed by atoms with van der Waals surface area (Å²) in [6.07, 6.45) is 10.4. The van der Waals surface area contributed by atoms with Gasteiger partial charge in [0.2, 0.25) is 0 Å². The molecule has 1 atom stereocenters. The third-order valence-corrected chi connectivity index (χ3v) is 3.79. The molecule has 1 aromatic carbocycles. The maximum absolute atomic E-state index is 10.0. The predicted octanol–water partition coefficient (Wildman–Crippen LogP) is 4.90. The lowest BCUT2D eigenvalue weighted by atomic mass is 10.0. The van der Waals surface area contributed by atoms with Crippen LogP contribution in [0.4, 0.5) is 0 Å². The van der Waals surface area contributed by atoms with Gasteiger partial charge in [0, 0.05) is 0 Å². The number of aliphatic hydroxyl groups excluding tert-OH is 1. The standard InChI is InChI=1S/C18H30O/c1-3-5-6-7-8-9-10-18(19)15-17-13-11-16(4-2)12-14-17/h11-14,18-19H,3-10,15H2,1-2H3. The summed E-state index contributed by atoms with van der Waals surface area (Å²) in [6, 6.07) is 8.66. The van der Waals surface area contributed by atoms with Gasteiger partial charge in [-0.1, -0.05) is 76.6 Å². The van der Waals surface area contributed by atoms with Crippen LogP contribution >= 0.6 is 0 Å². The lowest BCUT2D eigenvalue weighted by Crippen LogP contribution is -2.10. The molecule has 0 aliphatic carbocycles. The molecule has 0 aliphatic rings. The maximum atomic E-state index is 10.0. The fourth-order valence-corrected chi connectivity index (χ4v) is 2.45. The summed E-state index contributed by atoms with van der Waals surface area (Å²) in [5.74, 6) is 0. The highest BCUT2D eigenvalue weighted by Crippen LogP contribution is 2.13. The Balaban J connectivity index is 2.14. The largest absolute Gasteiger partial charge is 0.393 e. The molecule has 0 heterocycles. The van der Waals surface area contributed by atoms with Gasteiger partial charge in [0.15, 0.2) is 0 Å². The number of benzene rings is 1. The Morgan fingerprint density at radius 2 is 1.42 bits per heavy atom. The second kappa shape index (κ2) is 10.0. The predicted molar refractivity (Wildman–Crippen MR) is 83.5 cm³/mol. The van der Waals surface area contributed by atoms with E-state index in [4.69, 9.17) is 0 Å². The van der Waals surface area contributed by atoms with Crippen LogP contribution in [-0.4, -0.2) is 11.2 Å². The molecule has 19 heavy (non-hydrogen) atoms. The first kappa shape index (κ1) is 16.2. The van der Waals surface area contributed by atoms with E-state index >= 15 is 0 Å². The van der Waals surface area contributed by atoms with Gasteiger partial charge in [-0.15, -0.1) is 0 Å². The Morgan fingerprint density at radius 1 is 0.842 bits per heavy atom. The van der Waals surface area contributed by atoms with E-state index in [1.807, 2.05) is 0 Å². The molecule has 0 fully saturated rings. The van der Waals surface area contributed by atoms with Crippen molar-refractivity contribution in [3.05, 3.63) is 35.4 Å². The van der Waals surface area contributed by atoms with Crippen LogP contribution in [0.25, 0.3) is 0 Å². The maximum Gasteiger partial charge on any atom is 0.0580 e. The van der Waals surface area contributed by atoms with Gasteiger partial charge in [-0.25, -0.2) is 0 Å². The van der Waals surface area contributed by atoms with Gasteiger partial charge in [0.25, 0.3) is 0 Å². The third kappa shape index (κ3) is 7.37. The van der Waals surface area contributed by atoms with Crippen LogP contribution in [0.1, 0.15) is 69.9 Å². The normalized spacial score (nSPS) is 12.6. The summed E-state index contributed by atoms with van der Waals surface area (Å²) in [6.45, 7) is 4.41. The number of unbranched alkanes of at least 4 members (excludes halogenated alkanes) is 5. The first-order chi connectivity index (χ1) is 9.26. The third-order valence-electron chi connectivity index (χ3n) is 3.79. The molecule has 1 unspecified atom stereocenters. The minimum atomic E-state index is -0.168. The highest BCUT2D eigenvalue weighted by molar-refractivity contribution is 5.22. The lowest BCUT2D eigenvalue weighted by Gasteiger charge is -2.11. The smallest absolute Gasteiger partial charge is 0.0580 e. The quantitative estimate of drug-likeness (QED) is 0.594. The monoisotopic (exact) mass is 262 g/mol. The van der Waals surface area contributed by atoms with Crippen molar-refractivity contribution >= 4 is 0 Å². The molecule has 0 saturated heterocycles. The fraction of sp³-hybridized carbons (Fsp3) is 0.667. The Morgan fingerprint density at radius 3 is 2.05 bits per heavy atom. The zero-order valence-corrected chi connectivity index (χ0v) is 12.7. The zero-order chi connectivity index (χ0) is 13.9. The molecule has 0 saturated carbocycles. The average Bonchev–Trinajstić information content (AvgIpc) is 2.43. The van der Waals surface area contributed by atoms with E-state index in [1.54, 1.807) is 0 Å². The minimum Gasteiger partial charge on any atom is -0.393 e. The number of hydrogen-bond donors (Lipinski definition) is 1. The summed E-state index contributed by atoms with van der Waals surface area (Å²) in [5, 5.41) is 10.0. The van der Waals surface area contributed by atoms with Crippen molar-refractivity contribution in [1.29, 1.82) is 0 Å². The highest BCUT2D eigenvalue weighted by atomic mass is 16.3. The van der Waals surface area contributed by atoms with Gasteiger partial charge in [-0.05, 0) is 30.4 Å². The topological polar surface area (TPSA) is 20.2 Å². The summed E-state index contributed by atoms with van der Waals surface area (Å²) in [7, 11) is 0. The average molecular weight is 262 g/mol. The van der Waals surface area contributed by atoms with E-state index < -0.39 is 0 Å². The molecule has 108 valence electrons. The molecular formula is C18H30O. The van der Waals surface area contributed by atoms with Gasteiger partial charge in [-0.2, -0.15) is 0 Å². The van der Waals surface area contributed by atoms with Crippen LogP contribution in [0.5, 0.6) is 0 Å². The van der Waals surface area contributed by atoms with Crippen molar-refractivity contribution < 1.29 is 5.11 Å². The van der Waals surface area contributed by atoms with Crippen LogP contribution in [0, 0.1) is 0 Å². The van der Waals surface area contributed by atoms with Crippen LogP contribution in [0.3, 0.4) is 0 Å². The van der Waals surface area contributed by atoms with Crippen molar-refractivity contribution in [2.75, 3.05) is 0 Å². The minimum absolute atomic E-state index is 0.168. The van der Waals surface area contributed by atoms with Crippen LogP contribution in [0.2, 0.25) is 0 Å². The molecule has 0 spiro atoms. The molecule has 1 N–H and O–H groups in total. The van der Waals surface area contributed by atoms with Crippen molar-refractivity contribution in [1.82, 2.24) is 0 Å². The molecule has 0 aliphatic heterocycles. The number of aliphatic hydroxyl groups is 1. The number of aryl methyl sites for hydroxylation is 1. The second-order valence-corrected chi connectivity index (χ2v) is 5.58. The van der Waals surface area contributed by atoms with Crippen molar-refractivity contribution in [3.63, 3.8) is 0 Å². The molecular weight excluding hydrogens is 232 g/mol. The number of rotatable bonds is 10. The van der Waals surface area contributed by atoms with Gasteiger partial charge in [0.1, 0.15) is 0 Å². The van der Waals surface area contributed by atoms with E-state index in [2.05, 4.69) is 38.1 Å². The van der Waals surface area contributed by atoms with Gasteiger partial charge < -0.3 is 5.11 Å². The molecule has 1 aromatic rings. The Hall–Kier alpha value is -0.820. The lowest BCUT2D eigenvalue weighted by molar-refractivity contribution is 0.161. The molecule has 0 bridgehead atoms. The van der Waals surface area contributed by atoms with Gasteiger partial charge >= 0.3 is 0 Å². The first-order valence-electron chi connectivity index (χ1n) is 8.02. The molecule has 1 nitrogen and oxygen atoms in total. The van der Waals surface area contributed by atoms with Gasteiger partial charge in [-0.3, -0.25) is 0 Å². The van der Waals surface area contributed by atoms with Crippen LogP contribution < -0.4 is 0 Å². The van der Waals surface area contributed by atoms with E-state index in [9.17, 15) is 5.11 Å². The fourth-order valence-electron chi connectivity index (χ4n) is 2.45. The Labute approximate surface area is 119 Å². The van der Waals surface area contributed by atoms with E-state index in [-0.39, 0.29) is 6.10 Å². The van der Waals surface area contributed by atoms with Crippen molar-refractivity contribution in [2.45, 2.75) is 77.7 Å². The molecule has 0 amide bonds. The summed E-state index contributed by atoms with van der Waals surface area (Å²) in [5.41, 5.74) is 2.63. The number of hydrogen-bond acceptors (Lipinski definition) is 1. The van der Waals surface area contributed by atoms with E-state index in [0.29, 0.717) is 0 Å². The van der Waals surface area contributed by atoms with E-state index in [1.165, 1.54) is 43.2 Å². The summed E-state index contributed by atoms with van der Waals surface area (Å²) in [4.78, 5) is 0. The SMILES string of the molecule is CCCCCCCCC(O)Cc1ccc(CC)cc1. The van der Waals surface area contributed by atoms with Crippen molar-refractivity contribution in [3.8, 4) is 0 Å². The molecule has 1 heteroatoms. The van der Waals surface area contributed by atoms with Crippen molar-refractivity contribution in [2.24, 2.45) is 0 Å². The van der Waals surface area contributed by atoms with E-state index in [0.717, 1.165) is 25.7 Å². The summed E-state index contributed by atoms with van der Waals surface area (Å²) >= 11 is 0. The second-order valence-electron chi connectivity index (χ2n) is 5.58. The van der Waals surface area contributed by atoms with Gasteiger partial charge in [0.05, 0.1) is 6.10 Å². The van der Waals surface area contributed by atoms with Crippen LogP contribution in [0.15, 0.2) is 24.3 Å². The zero-order valence-electron chi connectivity index (χ0n) is 12.7. The Kier molecular flexibility index (Phi) is 8.57. The molecule has 0 aromatic heterocycles. The molecule has 0 radical (unpaired) electrons. The van der Waals surface area contributed by atoms with Crippen LogP contribution in [-0.2, 0) is 12.8 Å². The first-order valence-corrected chi connectivity index (χ1v) is 8.02. The Bertz CT molecular complexity index is 315.